The van der Waals surface area contributed by atoms with Crippen LogP contribution in [0.2, 0.25) is 5.04 Å². The van der Waals surface area contributed by atoms with E-state index in [4.69, 9.17) is 4.43 Å². The van der Waals surface area contributed by atoms with Crippen molar-refractivity contribution >= 4 is 28.8 Å². The molecule has 2 aromatic carbocycles. The summed E-state index contributed by atoms with van der Waals surface area (Å²) in [6.07, 6.45) is 3.47. The summed E-state index contributed by atoms with van der Waals surface area (Å²) in [6.45, 7) is 10.5. The summed E-state index contributed by atoms with van der Waals surface area (Å²) in [5, 5.41) is 5.76. The Morgan fingerprint density at radius 1 is 1.00 bits per heavy atom. The molecule has 0 spiro atoms. The second kappa shape index (κ2) is 13.7. The Kier molecular flexibility index (Phi) is 11.0. The molecule has 3 rings (SSSR count). The van der Waals surface area contributed by atoms with Gasteiger partial charge in [0, 0.05) is 24.0 Å². The molecule has 0 aromatic heterocycles. The SMILES string of the molecule is CCC(CC)C[C@H](N=[N+]=[N-])[C@@H]1C=C(OS(=O)(=O)C(F)(F)F)C[C@H]1CO[Si](c1ccccc1)(c1ccccc1)C(C)(C)C. The lowest BCUT2D eigenvalue weighted by atomic mass is 9.83. The molecule has 2 aromatic rings. The number of alkyl halides is 3. The third-order valence-corrected chi connectivity index (χ3v) is 14.2. The molecular weight excluding hydrogens is 583 g/mol. The smallest absolute Gasteiger partial charge is 0.407 e. The summed E-state index contributed by atoms with van der Waals surface area (Å²) in [5.74, 6) is -1.14. The van der Waals surface area contributed by atoms with Crippen LogP contribution < -0.4 is 10.4 Å². The summed E-state index contributed by atoms with van der Waals surface area (Å²) in [5.41, 5.74) is 3.84. The van der Waals surface area contributed by atoms with Crippen LogP contribution in [-0.4, -0.2) is 34.9 Å². The first-order valence-electron chi connectivity index (χ1n) is 14.2. The van der Waals surface area contributed by atoms with Crippen LogP contribution in [0.4, 0.5) is 13.2 Å². The number of benzene rings is 2. The van der Waals surface area contributed by atoms with E-state index in [2.05, 4.69) is 35.0 Å². The first kappa shape index (κ1) is 33.7. The molecule has 0 radical (unpaired) electrons. The summed E-state index contributed by atoms with van der Waals surface area (Å²) in [4.78, 5) is 3.04. The number of hydrogen-bond acceptors (Lipinski definition) is 5. The van der Waals surface area contributed by atoms with Crippen molar-refractivity contribution in [3.63, 3.8) is 0 Å². The minimum absolute atomic E-state index is 0.0987. The zero-order valence-corrected chi connectivity index (χ0v) is 26.5. The maximum atomic E-state index is 13.2. The van der Waals surface area contributed by atoms with Crippen molar-refractivity contribution in [2.45, 2.75) is 76.9 Å². The maximum Gasteiger partial charge on any atom is 0.534 e. The highest BCUT2D eigenvalue weighted by molar-refractivity contribution is 7.87. The van der Waals surface area contributed by atoms with Gasteiger partial charge in [0.1, 0.15) is 5.76 Å². The molecular formula is C30H40F3N3O4SSi. The van der Waals surface area contributed by atoms with Crippen molar-refractivity contribution in [1.29, 1.82) is 0 Å². The van der Waals surface area contributed by atoms with E-state index in [0.29, 0.717) is 6.42 Å². The van der Waals surface area contributed by atoms with E-state index in [9.17, 15) is 27.1 Å². The molecule has 7 nitrogen and oxygen atoms in total. The molecule has 0 saturated carbocycles. The molecule has 0 amide bonds. The van der Waals surface area contributed by atoms with Crippen molar-refractivity contribution in [3.8, 4) is 0 Å². The van der Waals surface area contributed by atoms with E-state index in [1.165, 1.54) is 6.08 Å². The van der Waals surface area contributed by atoms with Crippen LogP contribution in [0.25, 0.3) is 10.4 Å². The van der Waals surface area contributed by atoms with E-state index in [1.54, 1.807) is 0 Å². The predicted octanol–water partition coefficient (Wildman–Crippen LogP) is 7.45. The van der Waals surface area contributed by atoms with Crippen LogP contribution in [0.1, 0.15) is 60.3 Å². The van der Waals surface area contributed by atoms with E-state index in [1.807, 2.05) is 74.5 Å². The lowest BCUT2D eigenvalue weighted by Gasteiger charge is -2.44. The van der Waals surface area contributed by atoms with E-state index < -0.39 is 41.8 Å². The lowest BCUT2D eigenvalue weighted by Crippen LogP contribution is -2.67. The van der Waals surface area contributed by atoms with Gasteiger partial charge in [-0.05, 0) is 51.2 Å². The number of allylic oxidation sites excluding steroid dienone is 1. The minimum atomic E-state index is -5.85. The van der Waals surface area contributed by atoms with Gasteiger partial charge >= 0.3 is 15.6 Å². The highest BCUT2D eigenvalue weighted by Crippen LogP contribution is 2.42. The quantitative estimate of drug-likeness (QED) is 0.0577. The Morgan fingerprint density at radius 2 is 1.52 bits per heavy atom. The molecule has 0 heterocycles. The Morgan fingerprint density at radius 3 is 1.95 bits per heavy atom. The van der Waals surface area contributed by atoms with Crippen LogP contribution in [0.5, 0.6) is 0 Å². The minimum Gasteiger partial charge on any atom is -0.407 e. The van der Waals surface area contributed by atoms with Crippen molar-refractivity contribution in [2.24, 2.45) is 22.9 Å². The zero-order chi connectivity index (χ0) is 31.2. The third kappa shape index (κ3) is 7.40. The topological polar surface area (TPSA) is 101 Å². The number of rotatable bonds is 13. The van der Waals surface area contributed by atoms with Gasteiger partial charge < -0.3 is 8.61 Å². The number of azide groups is 1. The van der Waals surface area contributed by atoms with E-state index in [0.717, 1.165) is 23.2 Å². The highest BCUT2D eigenvalue weighted by atomic mass is 32.2. The molecule has 0 N–H and O–H groups in total. The van der Waals surface area contributed by atoms with Crippen molar-refractivity contribution in [1.82, 2.24) is 0 Å². The molecule has 1 aliphatic carbocycles. The second-order valence-corrected chi connectivity index (χ2v) is 17.7. The van der Waals surface area contributed by atoms with Crippen LogP contribution >= 0.6 is 0 Å². The molecule has 0 saturated heterocycles. The van der Waals surface area contributed by atoms with Gasteiger partial charge in [0.2, 0.25) is 0 Å². The summed E-state index contributed by atoms with van der Waals surface area (Å²) >= 11 is 0. The van der Waals surface area contributed by atoms with Gasteiger partial charge in [0.25, 0.3) is 8.32 Å². The molecule has 230 valence electrons. The zero-order valence-electron chi connectivity index (χ0n) is 24.7. The summed E-state index contributed by atoms with van der Waals surface area (Å²) in [6, 6.07) is 19.2. The van der Waals surface area contributed by atoms with Gasteiger partial charge in [-0.25, -0.2) is 0 Å². The second-order valence-electron chi connectivity index (χ2n) is 11.8. The normalized spacial score (nSPS) is 18.8. The third-order valence-electron chi connectivity index (χ3n) is 8.19. The van der Waals surface area contributed by atoms with Crippen molar-refractivity contribution in [3.05, 3.63) is 82.9 Å². The van der Waals surface area contributed by atoms with Gasteiger partial charge in [-0.15, -0.1) is 0 Å². The van der Waals surface area contributed by atoms with Crippen LogP contribution in [0.15, 0.2) is 77.6 Å². The average molecular weight is 624 g/mol. The van der Waals surface area contributed by atoms with E-state index in [-0.39, 0.29) is 29.7 Å². The monoisotopic (exact) mass is 623 g/mol. The number of hydrogen-bond donors (Lipinski definition) is 0. The first-order valence-corrected chi connectivity index (χ1v) is 17.5. The van der Waals surface area contributed by atoms with Gasteiger partial charge in [0.15, 0.2) is 0 Å². The van der Waals surface area contributed by atoms with Crippen molar-refractivity contribution < 1.29 is 30.2 Å². The molecule has 42 heavy (non-hydrogen) atoms. The largest absolute Gasteiger partial charge is 0.534 e. The van der Waals surface area contributed by atoms with Crippen molar-refractivity contribution in [2.75, 3.05) is 6.61 Å². The average Bonchev–Trinajstić information content (AvgIpc) is 3.33. The standard InChI is InChI=1S/C30H40F3N3O4SSi/c1-6-22(7-2)18-28(35-36-34)27-20-24(40-41(37,38)30(31,32)33)19-23(27)21-39-42(29(3,4)5,25-14-10-8-11-15-25)26-16-12-9-13-17-26/h8-17,20,22-23,27-28H,6-7,18-19,21H2,1-5H3/t23-,27+,28-/m0/s1. The Bertz CT molecular complexity index is 1320. The molecule has 0 aliphatic heterocycles. The lowest BCUT2D eigenvalue weighted by molar-refractivity contribution is -0.0523. The Hall–Kier alpha value is -2.79. The molecule has 3 atom stereocenters. The van der Waals surface area contributed by atoms with Crippen LogP contribution in [-0.2, 0) is 18.7 Å². The fourth-order valence-electron chi connectivity index (χ4n) is 5.96. The predicted molar refractivity (Wildman–Crippen MR) is 161 cm³/mol. The highest BCUT2D eigenvalue weighted by Gasteiger charge is 2.52. The van der Waals surface area contributed by atoms with Gasteiger partial charge in [-0.2, -0.15) is 21.6 Å². The molecule has 0 unspecified atom stereocenters. The van der Waals surface area contributed by atoms with E-state index >= 15 is 0 Å². The number of halogens is 3. The first-order chi connectivity index (χ1) is 19.7. The van der Waals surface area contributed by atoms with Gasteiger partial charge in [0.05, 0.1) is 0 Å². The number of nitrogens with zero attached hydrogens (tertiary/aromatic N) is 3. The fraction of sp³-hybridized carbons (Fsp3) is 0.533. The Balaban J connectivity index is 2.07. The molecule has 0 bridgehead atoms. The van der Waals surface area contributed by atoms with Crippen LogP contribution in [0, 0.1) is 17.8 Å². The summed E-state index contributed by atoms with van der Waals surface area (Å²) in [7, 11) is -8.86. The molecule has 1 aliphatic rings. The van der Waals surface area contributed by atoms with Gasteiger partial charge in [-0.1, -0.05) is 113 Å². The van der Waals surface area contributed by atoms with Gasteiger partial charge in [-0.3, -0.25) is 0 Å². The maximum absolute atomic E-state index is 13.2. The van der Waals surface area contributed by atoms with Crippen LogP contribution in [0.3, 0.4) is 0 Å². The fourth-order valence-corrected chi connectivity index (χ4v) is 11.1. The summed E-state index contributed by atoms with van der Waals surface area (Å²) < 4.78 is 75.1. The molecule has 0 fully saturated rings. The molecule has 12 heteroatoms. The Labute approximate surface area is 248 Å².